The van der Waals surface area contributed by atoms with Gasteiger partial charge >= 0.3 is 0 Å². The van der Waals surface area contributed by atoms with Crippen LogP contribution in [0.3, 0.4) is 0 Å². The van der Waals surface area contributed by atoms with Crippen molar-refractivity contribution in [2.24, 2.45) is 0 Å². The Kier molecular flexibility index (Phi) is 5.95. The van der Waals surface area contributed by atoms with Gasteiger partial charge in [0, 0.05) is 23.0 Å². The summed E-state index contributed by atoms with van der Waals surface area (Å²) >= 11 is 3.33. The largest absolute Gasteiger partial charge is 0.351 e. The van der Waals surface area contributed by atoms with Gasteiger partial charge in [0.1, 0.15) is 0 Å². The number of aryl methyl sites for hydroxylation is 1. The zero-order valence-corrected chi connectivity index (χ0v) is 15.1. The molecule has 1 amide bonds. The van der Waals surface area contributed by atoms with Crippen LogP contribution in [0.1, 0.15) is 32.8 Å². The number of halogens is 1. The van der Waals surface area contributed by atoms with Crippen molar-refractivity contribution in [3.05, 3.63) is 28.2 Å². The van der Waals surface area contributed by atoms with Gasteiger partial charge in [-0.2, -0.15) is 0 Å². The van der Waals surface area contributed by atoms with E-state index in [1.807, 2.05) is 27.7 Å². The van der Waals surface area contributed by atoms with E-state index in [2.05, 4.69) is 26.0 Å². The molecule has 1 rings (SSSR count). The van der Waals surface area contributed by atoms with Gasteiger partial charge in [0.05, 0.1) is 4.90 Å². The van der Waals surface area contributed by atoms with Gasteiger partial charge in [-0.25, -0.2) is 13.1 Å². The van der Waals surface area contributed by atoms with E-state index in [9.17, 15) is 13.2 Å². The highest BCUT2D eigenvalue weighted by atomic mass is 79.9. The van der Waals surface area contributed by atoms with Crippen LogP contribution in [0.25, 0.3) is 0 Å². The second kappa shape index (κ2) is 6.89. The van der Waals surface area contributed by atoms with Gasteiger partial charge in [-0.1, -0.05) is 15.9 Å². The second-order valence-corrected chi connectivity index (χ2v) is 8.48. The Labute approximate surface area is 134 Å². The number of nitrogens with one attached hydrogen (secondary N) is 2. The molecule has 5 nitrogen and oxygen atoms in total. The Hall–Kier alpha value is -0.920. The standard InChI is InChI=1S/C14H21BrN2O3S/c1-10-9-11(5-6-12(10)15)21(19,20)16-8-7-13(18)17-14(2,3)4/h5-6,9,16H,7-8H2,1-4H3,(H,17,18). The van der Waals surface area contributed by atoms with Gasteiger partial charge in [0.25, 0.3) is 0 Å². The van der Waals surface area contributed by atoms with E-state index in [1.54, 1.807) is 12.1 Å². The molecule has 0 fully saturated rings. The third kappa shape index (κ3) is 6.15. The van der Waals surface area contributed by atoms with Crippen molar-refractivity contribution in [1.29, 1.82) is 0 Å². The molecule has 0 radical (unpaired) electrons. The molecule has 2 N–H and O–H groups in total. The number of amides is 1. The van der Waals surface area contributed by atoms with E-state index in [-0.39, 0.29) is 29.3 Å². The molecule has 0 unspecified atom stereocenters. The number of hydrogen-bond acceptors (Lipinski definition) is 3. The smallest absolute Gasteiger partial charge is 0.240 e. The lowest BCUT2D eigenvalue weighted by Gasteiger charge is -2.20. The lowest BCUT2D eigenvalue weighted by molar-refractivity contribution is -0.122. The molecule has 7 heteroatoms. The minimum atomic E-state index is -3.59. The molecule has 0 bridgehead atoms. The Morgan fingerprint density at radius 2 is 1.90 bits per heavy atom. The maximum absolute atomic E-state index is 12.1. The first-order chi connectivity index (χ1) is 9.51. The molecule has 0 saturated carbocycles. The first-order valence-electron chi connectivity index (χ1n) is 6.58. The molecule has 1 aromatic rings. The second-order valence-electron chi connectivity index (χ2n) is 5.86. The van der Waals surface area contributed by atoms with Crippen LogP contribution in [0, 0.1) is 6.92 Å². The van der Waals surface area contributed by atoms with Crippen molar-refractivity contribution in [2.45, 2.75) is 44.6 Å². The van der Waals surface area contributed by atoms with Crippen molar-refractivity contribution in [2.75, 3.05) is 6.54 Å². The quantitative estimate of drug-likeness (QED) is 0.827. The third-order valence-electron chi connectivity index (χ3n) is 2.60. The van der Waals surface area contributed by atoms with Crippen LogP contribution in [0.2, 0.25) is 0 Å². The topological polar surface area (TPSA) is 75.3 Å². The summed E-state index contributed by atoms with van der Waals surface area (Å²) in [5, 5.41) is 2.78. The molecule has 0 saturated heterocycles. The van der Waals surface area contributed by atoms with Crippen molar-refractivity contribution >= 4 is 31.9 Å². The summed E-state index contributed by atoms with van der Waals surface area (Å²) in [6.45, 7) is 7.51. The molecule has 0 aliphatic rings. The van der Waals surface area contributed by atoms with Gasteiger partial charge in [-0.3, -0.25) is 4.79 Å². The number of sulfonamides is 1. The van der Waals surface area contributed by atoms with E-state index in [0.29, 0.717) is 0 Å². The van der Waals surface area contributed by atoms with E-state index in [4.69, 9.17) is 0 Å². The molecule has 0 aliphatic carbocycles. The van der Waals surface area contributed by atoms with Crippen LogP contribution in [0.15, 0.2) is 27.6 Å². The zero-order valence-electron chi connectivity index (χ0n) is 12.7. The van der Waals surface area contributed by atoms with Crippen molar-refractivity contribution in [1.82, 2.24) is 10.0 Å². The third-order valence-corrected chi connectivity index (χ3v) is 4.95. The Bertz CT molecular complexity index is 622. The summed E-state index contributed by atoms with van der Waals surface area (Å²) in [7, 11) is -3.59. The highest BCUT2D eigenvalue weighted by Gasteiger charge is 2.17. The molecule has 0 heterocycles. The molecule has 0 aromatic heterocycles. The maximum Gasteiger partial charge on any atom is 0.240 e. The summed E-state index contributed by atoms with van der Waals surface area (Å²) in [6, 6.07) is 4.80. The molecule has 0 atom stereocenters. The van der Waals surface area contributed by atoms with Crippen molar-refractivity contribution < 1.29 is 13.2 Å². The zero-order chi connectivity index (χ0) is 16.3. The number of carbonyl (C=O) groups is 1. The highest BCUT2D eigenvalue weighted by molar-refractivity contribution is 9.10. The number of hydrogen-bond donors (Lipinski definition) is 2. The highest BCUT2D eigenvalue weighted by Crippen LogP contribution is 2.19. The number of benzene rings is 1. The molecular weight excluding hydrogens is 356 g/mol. The molecule has 1 aromatic carbocycles. The number of carbonyl (C=O) groups excluding carboxylic acids is 1. The lowest BCUT2D eigenvalue weighted by Crippen LogP contribution is -2.41. The van der Waals surface area contributed by atoms with Crippen molar-refractivity contribution in [3.8, 4) is 0 Å². The Morgan fingerprint density at radius 1 is 1.29 bits per heavy atom. The fourth-order valence-electron chi connectivity index (χ4n) is 1.65. The van der Waals surface area contributed by atoms with Gasteiger partial charge in [0.15, 0.2) is 0 Å². The van der Waals surface area contributed by atoms with Crippen LogP contribution < -0.4 is 10.0 Å². The van der Waals surface area contributed by atoms with Gasteiger partial charge in [0.2, 0.25) is 15.9 Å². The van der Waals surface area contributed by atoms with Crippen molar-refractivity contribution in [3.63, 3.8) is 0 Å². The predicted molar refractivity (Wildman–Crippen MR) is 86.6 cm³/mol. The first kappa shape index (κ1) is 18.1. The fraction of sp³-hybridized carbons (Fsp3) is 0.500. The van der Waals surface area contributed by atoms with Crippen LogP contribution >= 0.6 is 15.9 Å². The number of rotatable bonds is 5. The minimum Gasteiger partial charge on any atom is -0.351 e. The minimum absolute atomic E-state index is 0.0688. The van der Waals surface area contributed by atoms with E-state index < -0.39 is 10.0 Å². The van der Waals surface area contributed by atoms with E-state index in [0.717, 1.165) is 10.0 Å². The molecule has 21 heavy (non-hydrogen) atoms. The van der Waals surface area contributed by atoms with Crippen LogP contribution in [-0.2, 0) is 14.8 Å². The molecular formula is C14H21BrN2O3S. The predicted octanol–water partition coefficient (Wildman–Crippen LogP) is 2.34. The Balaban J connectivity index is 2.61. The van der Waals surface area contributed by atoms with Crippen LogP contribution in [0.5, 0.6) is 0 Å². The molecule has 0 aliphatic heterocycles. The van der Waals surface area contributed by atoms with Gasteiger partial charge in [-0.15, -0.1) is 0 Å². The molecule has 0 spiro atoms. The monoisotopic (exact) mass is 376 g/mol. The fourth-order valence-corrected chi connectivity index (χ4v) is 3.01. The maximum atomic E-state index is 12.1. The van der Waals surface area contributed by atoms with Gasteiger partial charge < -0.3 is 5.32 Å². The average Bonchev–Trinajstić information content (AvgIpc) is 2.29. The van der Waals surface area contributed by atoms with Gasteiger partial charge in [-0.05, 0) is 51.5 Å². The Morgan fingerprint density at radius 3 is 2.43 bits per heavy atom. The summed E-state index contributed by atoms with van der Waals surface area (Å²) in [5.74, 6) is -0.183. The SMILES string of the molecule is Cc1cc(S(=O)(=O)NCCC(=O)NC(C)(C)C)ccc1Br. The van der Waals surface area contributed by atoms with Crippen LogP contribution in [0.4, 0.5) is 0 Å². The van der Waals surface area contributed by atoms with Crippen LogP contribution in [-0.4, -0.2) is 26.4 Å². The summed E-state index contributed by atoms with van der Waals surface area (Å²) in [6.07, 6.45) is 0.103. The van der Waals surface area contributed by atoms with E-state index >= 15 is 0 Å². The average molecular weight is 377 g/mol. The first-order valence-corrected chi connectivity index (χ1v) is 8.86. The molecule has 118 valence electrons. The lowest BCUT2D eigenvalue weighted by atomic mass is 10.1. The summed E-state index contributed by atoms with van der Waals surface area (Å²) in [5.41, 5.74) is 0.516. The summed E-state index contributed by atoms with van der Waals surface area (Å²) < 4.78 is 27.5. The van der Waals surface area contributed by atoms with E-state index in [1.165, 1.54) is 6.07 Å². The normalized spacial score (nSPS) is 12.2. The summed E-state index contributed by atoms with van der Waals surface area (Å²) in [4.78, 5) is 11.8.